The van der Waals surface area contributed by atoms with Gasteiger partial charge < -0.3 is 9.73 Å². The molecule has 0 bridgehead atoms. The van der Waals surface area contributed by atoms with E-state index in [2.05, 4.69) is 31.0 Å². The van der Waals surface area contributed by atoms with E-state index in [1.807, 2.05) is 11.5 Å². The van der Waals surface area contributed by atoms with Crippen molar-refractivity contribution in [1.82, 2.24) is 35.0 Å². The number of rotatable bonds is 7. The summed E-state index contributed by atoms with van der Waals surface area (Å²) in [5.74, 6) is 0.977. The maximum Gasteiger partial charge on any atom is 0.234 e. The lowest BCUT2D eigenvalue weighted by molar-refractivity contribution is -0.113. The molecule has 0 fully saturated rings. The minimum Gasteiger partial charge on any atom is -0.461 e. The van der Waals surface area contributed by atoms with Crippen LogP contribution in [0.4, 0.5) is 10.1 Å². The SMILES string of the molecule is CCn1c(SCC(=O)Nc2ccc(F)c(-n3nnnc3C)c2)nnc1-c1ccco1. The molecule has 0 spiro atoms. The molecular formula is C18H17FN8O2S. The van der Waals surface area contributed by atoms with Crippen LogP contribution < -0.4 is 5.32 Å². The molecule has 0 aliphatic carbocycles. The van der Waals surface area contributed by atoms with Gasteiger partial charge in [0.05, 0.1) is 12.0 Å². The lowest BCUT2D eigenvalue weighted by atomic mass is 10.2. The van der Waals surface area contributed by atoms with E-state index in [-0.39, 0.29) is 17.3 Å². The van der Waals surface area contributed by atoms with E-state index in [4.69, 9.17) is 4.42 Å². The predicted molar refractivity (Wildman–Crippen MR) is 107 cm³/mol. The molecule has 0 aliphatic heterocycles. The van der Waals surface area contributed by atoms with Crippen LogP contribution in [0.15, 0.2) is 46.2 Å². The van der Waals surface area contributed by atoms with Gasteiger partial charge in [0, 0.05) is 12.2 Å². The number of benzene rings is 1. The van der Waals surface area contributed by atoms with E-state index < -0.39 is 5.82 Å². The molecular weight excluding hydrogens is 411 g/mol. The number of amides is 1. The van der Waals surface area contributed by atoms with Crippen LogP contribution in [0.3, 0.4) is 0 Å². The van der Waals surface area contributed by atoms with Crippen LogP contribution in [0, 0.1) is 12.7 Å². The lowest BCUT2D eigenvalue weighted by Gasteiger charge is -2.09. The van der Waals surface area contributed by atoms with Crippen molar-refractivity contribution < 1.29 is 13.6 Å². The first-order chi connectivity index (χ1) is 14.6. The van der Waals surface area contributed by atoms with Gasteiger partial charge in [-0.05, 0) is 54.6 Å². The molecule has 1 N–H and O–H groups in total. The molecule has 0 saturated heterocycles. The number of thioether (sulfide) groups is 1. The summed E-state index contributed by atoms with van der Waals surface area (Å²) in [7, 11) is 0. The van der Waals surface area contributed by atoms with Gasteiger partial charge >= 0.3 is 0 Å². The number of nitrogens with one attached hydrogen (secondary N) is 1. The minimum atomic E-state index is -0.501. The Morgan fingerprint density at radius 2 is 2.13 bits per heavy atom. The number of aromatic nitrogens is 7. The third kappa shape index (κ3) is 3.94. The summed E-state index contributed by atoms with van der Waals surface area (Å²) < 4.78 is 22.7. The smallest absolute Gasteiger partial charge is 0.234 e. The maximum atomic E-state index is 14.2. The molecule has 12 heteroatoms. The maximum absolute atomic E-state index is 14.2. The molecule has 30 heavy (non-hydrogen) atoms. The number of carbonyl (C=O) groups is 1. The molecule has 0 atom stereocenters. The third-order valence-electron chi connectivity index (χ3n) is 4.19. The van der Waals surface area contributed by atoms with Crippen LogP contribution in [-0.4, -0.2) is 46.6 Å². The first-order valence-corrected chi connectivity index (χ1v) is 10.00. The average Bonchev–Trinajstić information content (AvgIpc) is 3.48. The standard InChI is InChI=1S/C18H17FN8O2S/c1-3-26-17(15-5-4-8-29-15)22-23-18(26)30-10-16(28)20-12-6-7-13(19)14(9-12)27-11(2)21-24-25-27/h4-9H,3,10H2,1-2H3,(H,20,28). The number of hydrogen-bond donors (Lipinski definition) is 1. The second-order valence-corrected chi connectivity index (χ2v) is 7.11. The van der Waals surface area contributed by atoms with Crippen LogP contribution >= 0.6 is 11.8 Å². The number of tetrazole rings is 1. The lowest BCUT2D eigenvalue weighted by Crippen LogP contribution is -2.15. The zero-order valence-electron chi connectivity index (χ0n) is 16.1. The van der Waals surface area contributed by atoms with Crippen molar-refractivity contribution in [2.45, 2.75) is 25.5 Å². The van der Waals surface area contributed by atoms with E-state index in [0.29, 0.717) is 34.8 Å². The normalized spacial score (nSPS) is 11.0. The fourth-order valence-corrected chi connectivity index (χ4v) is 3.61. The van der Waals surface area contributed by atoms with Crippen molar-refractivity contribution in [3.8, 4) is 17.3 Å². The van der Waals surface area contributed by atoms with Gasteiger partial charge in [-0.25, -0.2) is 4.39 Å². The summed E-state index contributed by atoms with van der Waals surface area (Å²) in [6.45, 7) is 4.24. The van der Waals surface area contributed by atoms with Crippen LogP contribution in [0.2, 0.25) is 0 Å². The summed E-state index contributed by atoms with van der Waals surface area (Å²) in [5.41, 5.74) is 0.580. The number of halogens is 1. The summed E-state index contributed by atoms with van der Waals surface area (Å²) >= 11 is 1.25. The number of aryl methyl sites for hydroxylation is 1. The second-order valence-electron chi connectivity index (χ2n) is 6.17. The average molecular weight is 428 g/mol. The van der Waals surface area contributed by atoms with Crippen molar-refractivity contribution >= 4 is 23.4 Å². The Balaban J connectivity index is 1.44. The largest absolute Gasteiger partial charge is 0.461 e. The Hall–Kier alpha value is -3.54. The van der Waals surface area contributed by atoms with Gasteiger partial charge in [0.25, 0.3) is 0 Å². The van der Waals surface area contributed by atoms with Crippen molar-refractivity contribution in [3.63, 3.8) is 0 Å². The summed E-state index contributed by atoms with van der Waals surface area (Å²) in [6.07, 6.45) is 1.57. The van der Waals surface area contributed by atoms with E-state index in [1.54, 1.807) is 25.3 Å². The van der Waals surface area contributed by atoms with Gasteiger partial charge in [-0.1, -0.05) is 11.8 Å². The van der Waals surface area contributed by atoms with Crippen molar-refractivity contribution in [3.05, 3.63) is 48.2 Å². The summed E-state index contributed by atoms with van der Waals surface area (Å²) in [4.78, 5) is 12.4. The zero-order valence-corrected chi connectivity index (χ0v) is 16.9. The van der Waals surface area contributed by atoms with E-state index in [9.17, 15) is 9.18 Å². The first-order valence-electron chi connectivity index (χ1n) is 9.01. The Morgan fingerprint density at radius 1 is 1.27 bits per heavy atom. The Bertz CT molecular complexity index is 1170. The van der Waals surface area contributed by atoms with E-state index >= 15 is 0 Å². The zero-order chi connectivity index (χ0) is 21.1. The topological polar surface area (TPSA) is 117 Å². The van der Waals surface area contributed by atoms with Gasteiger partial charge in [0.1, 0.15) is 11.5 Å². The number of hydrogen-bond acceptors (Lipinski definition) is 8. The van der Waals surface area contributed by atoms with Gasteiger partial charge in [0.15, 0.2) is 22.6 Å². The fourth-order valence-electron chi connectivity index (χ4n) is 2.80. The van der Waals surface area contributed by atoms with Gasteiger partial charge in [-0.15, -0.1) is 15.3 Å². The quantitative estimate of drug-likeness (QED) is 0.447. The molecule has 1 aromatic carbocycles. The molecule has 0 saturated carbocycles. The van der Waals surface area contributed by atoms with Crippen LogP contribution in [-0.2, 0) is 11.3 Å². The highest BCUT2D eigenvalue weighted by molar-refractivity contribution is 7.99. The highest BCUT2D eigenvalue weighted by Crippen LogP contribution is 2.25. The van der Waals surface area contributed by atoms with Gasteiger partial charge in [-0.2, -0.15) is 4.68 Å². The third-order valence-corrected chi connectivity index (χ3v) is 5.16. The molecule has 3 aromatic heterocycles. The summed E-state index contributed by atoms with van der Waals surface area (Å²) in [6, 6.07) is 7.78. The molecule has 4 rings (SSSR count). The molecule has 1 amide bonds. The van der Waals surface area contributed by atoms with Gasteiger partial charge in [-0.3, -0.25) is 9.36 Å². The Morgan fingerprint density at radius 3 is 2.83 bits per heavy atom. The van der Waals surface area contributed by atoms with Crippen molar-refractivity contribution in [2.24, 2.45) is 0 Å². The van der Waals surface area contributed by atoms with E-state index in [0.717, 1.165) is 0 Å². The number of carbonyl (C=O) groups excluding carboxylic acids is 1. The first kappa shape index (κ1) is 19.8. The highest BCUT2D eigenvalue weighted by atomic mass is 32.2. The van der Waals surface area contributed by atoms with E-state index in [1.165, 1.54) is 34.6 Å². The molecule has 10 nitrogen and oxygen atoms in total. The van der Waals surface area contributed by atoms with Crippen molar-refractivity contribution in [2.75, 3.05) is 11.1 Å². The van der Waals surface area contributed by atoms with Crippen LogP contribution in [0.1, 0.15) is 12.7 Å². The number of anilines is 1. The molecule has 0 aliphatic rings. The minimum absolute atomic E-state index is 0.104. The van der Waals surface area contributed by atoms with Crippen LogP contribution in [0.5, 0.6) is 0 Å². The van der Waals surface area contributed by atoms with Crippen molar-refractivity contribution in [1.29, 1.82) is 0 Å². The fraction of sp³-hybridized carbons (Fsp3) is 0.222. The summed E-state index contributed by atoms with van der Waals surface area (Å²) in [5, 5.41) is 22.7. The molecule has 3 heterocycles. The second kappa shape index (κ2) is 8.45. The monoisotopic (exact) mass is 428 g/mol. The molecule has 0 radical (unpaired) electrons. The Labute approximate surface area is 174 Å². The molecule has 154 valence electrons. The number of nitrogens with zero attached hydrogens (tertiary/aromatic N) is 7. The predicted octanol–water partition coefficient (Wildman–Crippen LogP) is 2.71. The Kier molecular flexibility index (Phi) is 5.57. The van der Waals surface area contributed by atoms with Gasteiger partial charge in [0.2, 0.25) is 5.91 Å². The van der Waals surface area contributed by atoms with Crippen LogP contribution in [0.25, 0.3) is 17.3 Å². The highest BCUT2D eigenvalue weighted by Gasteiger charge is 2.17. The molecule has 4 aromatic rings. The molecule has 0 unspecified atom stereocenters. The number of furan rings is 1.